The summed E-state index contributed by atoms with van der Waals surface area (Å²) in [6, 6.07) is 0.321. The monoisotopic (exact) mass is 211 g/mol. The Bertz CT molecular complexity index is 293. The van der Waals surface area contributed by atoms with E-state index >= 15 is 0 Å². The second-order valence-electron chi connectivity index (χ2n) is 4.11. The second-order valence-corrected chi connectivity index (χ2v) is 4.11. The minimum Gasteiger partial charge on any atom is -0.461 e. The molecular weight excluding hydrogens is 194 g/mol. The number of aromatic nitrogens is 2. The maximum absolute atomic E-state index is 5.47. The van der Waals surface area contributed by atoms with Crippen molar-refractivity contribution < 1.29 is 9.47 Å². The van der Waals surface area contributed by atoms with E-state index in [0.717, 1.165) is 0 Å². The first kappa shape index (κ1) is 11.7. The standard InChI is InChI=1S/C10H17N3O2/c1-10(2,3)15-5-4-14-9-12-6-8(11)7-13-9/h6-7H,4-5,11H2,1-3H3. The molecule has 0 aromatic carbocycles. The lowest BCUT2D eigenvalue weighted by atomic mass is 10.2. The fraction of sp³-hybridized carbons (Fsp3) is 0.600. The van der Waals surface area contributed by atoms with Crippen molar-refractivity contribution in [2.75, 3.05) is 18.9 Å². The quantitative estimate of drug-likeness (QED) is 0.759. The summed E-state index contributed by atoms with van der Waals surface area (Å²) in [5, 5.41) is 0. The van der Waals surface area contributed by atoms with Crippen LogP contribution in [0.15, 0.2) is 12.4 Å². The lowest BCUT2D eigenvalue weighted by Gasteiger charge is -2.19. The number of hydrogen-bond donors (Lipinski definition) is 1. The molecule has 0 aliphatic rings. The van der Waals surface area contributed by atoms with Crippen LogP contribution in [0.1, 0.15) is 20.8 Å². The first-order valence-corrected chi connectivity index (χ1v) is 4.82. The molecule has 0 amide bonds. The smallest absolute Gasteiger partial charge is 0.316 e. The summed E-state index contributed by atoms with van der Waals surface area (Å²) in [6.07, 6.45) is 3.01. The van der Waals surface area contributed by atoms with Gasteiger partial charge in [-0.05, 0) is 20.8 Å². The molecule has 1 aromatic heterocycles. The van der Waals surface area contributed by atoms with Gasteiger partial charge in [-0.15, -0.1) is 0 Å². The number of rotatable bonds is 4. The predicted molar refractivity (Wildman–Crippen MR) is 57.6 cm³/mol. The van der Waals surface area contributed by atoms with E-state index in [4.69, 9.17) is 15.2 Å². The molecule has 84 valence electrons. The van der Waals surface area contributed by atoms with Crippen molar-refractivity contribution in [1.29, 1.82) is 0 Å². The van der Waals surface area contributed by atoms with Gasteiger partial charge in [-0.25, -0.2) is 9.97 Å². The van der Waals surface area contributed by atoms with E-state index in [1.54, 1.807) is 0 Å². The Morgan fingerprint density at radius 2 is 1.80 bits per heavy atom. The van der Waals surface area contributed by atoms with E-state index in [9.17, 15) is 0 Å². The average molecular weight is 211 g/mol. The van der Waals surface area contributed by atoms with Crippen LogP contribution in [0.3, 0.4) is 0 Å². The number of nitrogen functional groups attached to an aromatic ring is 1. The van der Waals surface area contributed by atoms with Crippen molar-refractivity contribution in [2.24, 2.45) is 0 Å². The van der Waals surface area contributed by atoms with Gasteiger partial charge in [0.15, 0.2) is 0 Å². The van der Waals surface area contributed by atoms with E-state index in [0.29, 0.717) is 24.9 Å². The molecule has 1 aromatic rings. The molecule has 0 fully saturated rings. The number of hydrogen-bond acceptors (Lipinski definition) is 5. The first-order valence-electron chi connectivity index (χ1n) is 4.82. The SMILES string of the molecule is CC(C)(C)OCCOc1ncc(N)cn1. The molecule has 0 bridgehead atoms. The van der Waals surface area contributed by atoms with Crippen LogP contribution in [0, 0.1) is 0 Å². The highest BCUT2D eigenvalue weighted by Crippen LogP contribution is 2.07. The van der Waals surface area contributed by atoms with E-state index in [1.807, 2.05) is 20.8 Å². The lowest BCUT2D eigenvalue weighted by molar-refractivity contribution is -0.0173. The minimum absolute atomic E-state index is 0.147. The molecule has 1 heterocycles. The summed E-state index contributed by atoms with van der Waals surface area (Å²) in [4.78, 5) is 7.80. The highest BCUT2D eigenvalue weighted by atomic mass is 16.5. The van der Waals surface area contributed by atoms with Crippen molar-refractivity contribution in [1.82, 2.24) is 9.97 Å². The number of nitrogens with two attached hydrogens (primary N) is 1. The van der Waals surface area contributed by atoms with Crippen molar-refractivity contribution in [3.63, 3.8) is 0 Å². The van der Waals surface area contributed by atoms with E-state index in [2.05, 4.69) is 9.97 Å². The van der Waals surface area contributed by atoms with Gasteiger partial charge < -0.3 is 15.2 Å². The van der Waals surface area contributed by atoms with Crippen molar-refractivity contribution >= 4 is 5.69 Å². The molecule has 0 aliphatic carbocycles. The topological polar surface area (TPSA) is 70.3 Å². The summed E-state index contributed by atoms with van der Waals surface area (Å²) in [5.41, 5.74) is 5.81. The molecule has 0 unspecified atom stereocenters. The third-order valence-electron chi connectivity index (χ3n) is 1.50. The maximum Gasteiger partial charge on any atom is 0.316 e. The number of anilines is 1. The van der Waals surface area contributed by atoms with Gasteiger partial charge in [-0.3, -0.25) is 0 Å². The third-order valence-corrected chi connectivity index (χ3v) is 1.50. The lowest BCUT2D eigenvalue weighted by Crippen LogP contribution is -2.22. The minimum atomic E-state index is -0.147. The highest BCUT2D eigenvalue weighted by molar-refractivity contribution is 5.30. The van der Waals surface area contributed by atoms with Gasteiger partial charge in [0.25, 0.3) is 0 Å². The predicted octanol–water partition coefficient (Wildman–Crippen LogP) is 1.25. The van der Waals surface area contributed by atoms with Gasteiger partial charge in [0, 0.05) is 0 Å². The van der Waals surface area contributed by atoms with Crippen LogP contribution < -0.4 is 10.5 Å². The fourth-order valence-electron chi connectivity index (χ4n) is 0.882. The first-order chi connectivity index (χ1) is 6.97. The maximum atomic E-state index is 5.47. The zero-order chi connectivity index (χ0) is 11.3. The van der Waals surface area contributed by atoms with Crippen LogP contribution in [0.4, 0.5) is 5.69 Å². The van der Waals surface area contributed by atoms with Crippen molar-refractivity contribution in [2.45, 2.75) is 26.4 Å². The van der Waals surface area contributed by atoms with E-state index in [-0.39, 0.29) is 5.60 Å². The molecule has 0 atom stereocenters. The van der Waals surface area contributed by atoms with Crippen LogP contribution in [0.5, 0.6) is 6.01 Å². The Morgan fingerprint density at radius 1 is 1.20 bits per heavy atom. The molecule has 0 spiro atoms. The van der Waals surface area contributed by atoms with Crippen LogP contribution in [0.25, 0.3) is 0 Å². The summed E-state index contributed by atoms with van der Waals surface area (Å²) in [5.74, 6) is 0. The molecule has 5 heteroatoms. The van der Waals surface area contributed by atoms with Crippen molar-refractivity contribution in [3.8, 4) is 6.01 Å². The number of nitrogens with zero attached hydrogens (tertiary/aromatic N) is 2. The molecule has 0 aliphatic heterocycles. The Hall–Kier alpha value is -1.36. The van der Waals surface area contributed by atoms with Crippen LogP contribution in [-0.2, 0) is 4.74 Å². The van der Waals surface area contributed by atoms with Gasteiger partial charge in [0.2, 0.25) is 0 Å². The molecule has 0 saturated carbocycles. The van der Waals surface area contributed by atoms with Gasteiger partial charge in [-0.2, -0.15) is 0 Å². The molecular formula is C10H17N3O2. The normalized spacial score (nSPS) is 11.4. The molecule has 1 rings (SSSR count). The van der Waals surface area contributed by atoms with Gasteiger partial charge in [0.05, 0.1) is 30.3 Å². The Balaban J connectivity index is 2.23. The van der Waals surface area contributed by atoms with Crippen molar-refractivity contribution in [3.05, 3.63) is 12.4 Å². The zero-order valence-electron chi connectivity index (χ0n) is 9.36. The van der Waals surface area contributed by atoms with Crippen LogP contribution in [0.2, 0.25) is 0 Å². The highest BCUT2D eigenvalue weighted by Gasteiger charge is 2.09. The molecule has 2 N–H and O–H groups in total. The second kappa shape index (κ2) is 4.93. The van der Waals surface area contributed by atoms with Gasteiger partial charge in [0.1, 0.15) is 6.61 Å². The summed E-state index contributed by atoms with van der Waals surface area (Å²) >= 11 is 0. The summed E-state index contributed by atoms with van der Waals surface area (Å²) in [6.45, 7) is 6.92. The van der Waals surface area contributed by atoms with E-state index < -0.39 is 0 Å². The summed E-state index contributed by atoms with van der Waals surface area (Å²) < 4.78 is 10.7. The van der Waals surface area contributed by atoms with Crippen LogP contribution >= 0.6 is 0 Å². The molecule has 0 saturated heterocycles. The van der Waals surface area contributed by atoms with Gasteiger partial charge in [-0.1, -0.05) is 0 Å². The third kappa shape index (κ3) is 5.17. The number of ether oxygens (including phenoxy) is 2. The average Bonchev–Trinajstić information content (AvgIpc) is 2.14. The Morgan fingerprint density at radius 3 is 2.33 bits per heavy atom. The van der Waals surface area contributed by atoms with Crippen LogP contribution in [-0.4, -0.2) is 28.8 Å². The molecule has 0 radical (unpaired) electrons. The fourth-order valence-corrected chi connectivity index (χ4v) is 0.882. The Kier molecular flexibility index (Phi) is 3.85. The Labute approximate surface area is 89.6 Å². The van der Waals surface area contributed by atoms with Gasteiger partial charge >= 0.3 is 6.01 Å². The largest absolute Gasteiger partial charge is 0.461 e. The van der Waals surface area contributed by atoms with E-state index in [1.165, 1.54) is 12.4 Å². The molecule has 5 nitrogen and oxygen atoms in total. The molecule has 15 heavy (non-hydrogen) atoms. The summed E-state index contributed by atoms with van der Waals surface area (Å²) in [7, 11) is 0. The zero-order valence-corrected chi connectivity index (χ0v) is 9.36.